The highest BCUT2D eigenvalue weighted by atomic mass is 79.9. The molecule has 3 aromatic rings. The summed E-state index contributed by atoms with van der Waals surface area (Å²) in [5, 5.41) is 12.7. The van der Waals surface area contributed by atoms with E-state index in [4.69, 9.17) is 47.0 Å². The Labute approximate surface area is 179 Å². The van der Waals surface area contributed by atoms with Crippen LogP contribution in [0.4, 0.5) is 11.5 Å². The second-order valence-electron chi connectivity index (χ2n) is 5.32. The average molecular weight is 491 g/mol. The van der Waals surface area contributed by atoms with Gasteiger partial charge < -0.3 is 10.6 Å². The molecule has 9 heteroatoms. The Morgan fingerprint density at radius 3 is 2.58 bits per heavy atom. The summed E-state index contributed by atoms with van der Waals surface area (Å²) in [6.07, 6.45) is 1.84. The molecule has 26 heavy (non-hydrogen) atoms. The van der Waals surface area contributed by atoms with Gasteiger partial charge in [0.1, 0.15) is 0 Å². The molecule has 0 spiro atoms. The van der Waals surface area contributed by atoms with Gasteiger partial charge in [0.25, 0.3) is 0 Å². The van der Waals surface area contributed by atoms with E-state index in [0.717, 1.165) is 15.7 Å². The van der Waals surface area contributed by atoms with E-state index >= 15 is 0 Å². The lowest BCUT2D eigenvalue weighted by molar-refractivity contribution is 0.690. The normalized spacial score (nSPS) is 10.6. The van der Waals surface area contributed by atoms with Crippen LogP contribution in [0.15, 0.2) is 53.1 Å². The van der Waals surface area contributed by atoms with E-state index in [-0.39, 0.29) is 0 Å². The summed E-state index contributed by atoms with van der Waals surface area (Å²) >= 11 is 27.1. The minimum absolute atomic E-state index is 0.383. The van der Waals surface area contributed by atoms with Gasteiger partial charge >= 0.3 is 0 Å². The number of nitrogens with zero attached hydrogens (tertiary/aromatic N) is 2. The molecule has 0 fully saturated rings. The molecule has 1 aromatic heterocycles. The molecule has 0 saturated heterocycles. The number of anilines is 2. The molecule has 134 valence electrons. The van der Waals surface area contributed by atoms with E-state index in [0.29, 0.717) is 32.5 Å². The van der Waals surface area contributed by atoms with Crippen molar-refractivity contribution in [1.29, 1.82) is 0 Å². The van der Waals surface area contributed by atoms with Crippen LogP contribution in [0.5, 0.6) is 0 Å². The Hall–Kier alpha value is -1.31. The number of benzene rings is 2. The third-order valence-corrected chi connectivity index (χ3v) is 5.12. The first-order valence-corrected chi connectivity index (χ1v) is 9.75. The summed E-state index contributed by atoms with van der Waals surface area (Å²) in [5.74, 6) is 0.583. The lowest BCUT2D eigenvalue weighted by Gasteiger charge is -2.10. The van der Waals surface area contributed by atoms with Gasteiger partial charge in [0.15, 0.2) is 10.9 Å². The summed E-state index contributed by atoms with van der Waals surface area (Å²) in [7, 11) is 0. The van der Waals surface area contributed by atoms with E-state index in [1.807, 2.05) is 30.5 Å². The first kappa shape index (κ1) is 19.5. The van der Waals surface area contributed by atoms with Crippen LogP contribution in [-0.2, 0) is 6.54 Å². The lowest BCUT2D eigenvalue weighted by atomic mass is 10.2. The summed E-state index contributed by atoms with van der Waals surface area (Å²) in [6, 6.07) is 12.7. The van der Waals surface area contributed by atoms with Gasteiger partial charge in [0.05, 0.1) is 21.7 Å². The number of rotatable bonds is 4. The summed E-state index contributed by atoms with van der Waals surface area (Å²) in [6.45, 7) is 0.501. The monoisotopic (exact) mass is 488 g/mol. The van der Waals surface area contributed by atoms with Gasteiger partial charge in [-0.1, -0.05) is 53.0 Å². The largest absolute Gasteiger partial charge is 0.331 e. The fourth-order valence-corrected chi connectivity index (χ4v) is 3.48. The molecule has 0 radical (unpaired) electrons. The molecular weight excluding hydrogens is 479 g/mol. The minimum Gasteiger partial charge on any atom is -0.331 e. The van der Waals surface area contributed by atoms with Crippen LogP contribution < -0.4 is 10.6 Å². The molecule has 0 aliphatic rings. The first-order valence-electron chi connectivity index (χ1n) is 7.42. The highest BCUT2D eigenvalue weighted by Crippen LogP contribution is 2.25. The van der Waals surface area contributed by atoms with Crippen molar-refractivity contribution in [1.82, 2.24) is 9.78 Å². The zero-order valence-corrected chi connectivity index (χ0v) is 17.8. The van der Waals surface area contributed by atoms with E-state index in [1.165, 1.54) is 0 Å². The van der Waals surface area contributed by atoms with Crippen molar-refractivity contribution in [3.8, 4) is 0 Å². The molecule has 2 aromatic carbocycles. The second kappa shape index (κ2) is 8.59. The van der Waals surface area contributed by atoms with Crippen molar-refractivity contribution in [3.63, 3.8) is 0 Å². The molecule has 0 unspecified atom stereocenters. The molecule has 3 rings (SSSR count). The Balaban J connectivity index is 1.70. The van der Waals surface area contributed by atoms with Gasteiger partial charge in [0.2, 0.25) is 0 Å². The SMILES string of the molecule is S=C(Nc1ccccc1Cl)Nc1nn(Cc2ccc(Cl)cc2Cl)cc1Br. The number of para-hydroxylation sites is 1. The molecule has 0 atom stereocenters. The fraction of sp³-hybridized carbons (Fsp3) is 0.0588. The second-order valence-corrected chi connectivity index (χ2v) is 7.83. The highest BCUT2D eigenvalue weighted by molar-refractivity contribution is 9.10. The number of thiocarbonyl (C=S) groups is 1. The van der Waals surface area contributed by atoms with Crippen LogP contribution in [0.3, 0.4) is 0 Å². The molecule has 0 aliphatic carbocycles. The predicted octanol–water partition coefficient (Wildman–Crippen LogP) is 6.46. The van der Waals surface area contributed by atoms with E-state index in [1.54, 1.807) is 22.9 Å². The molecular formula is C17H12BrCl3N4S. The van der Waals surface area contributed by atoms with Crippen LogP contribution in [0.2, 0.25) is 15.1 Å². The Kier molecular flexibility index (Phi) is 6.42. The summed E-state index contributed by atoms with van der Waals surface area (Å²) in [4.78, 5) is 0. The van der Waals surface area contributed by atoms with Crippen molar-refractivity contribution in [2.45, 2.75) is 6.54 Å². The maximum absolute atomic E-state index is 6.22. The number of hydrogen-bond acceptors (Lipinski definition) is 2. The molecule has 2 N–H and O–H groups in total. The highest BCUT2D eigenvalue weighted by Gasteiger charge is 2.11. The van der Waals surface area contributed by atoms with Crippen LogP contribution in [0.25, 0.3) is 0 Å². The quantitative estimate of drug-likeness (QED) is 0.412. The zero-order valence-electron chi connectivity index (χ0n) is 13.1. The van der Waals surface area contributed by atoms with Gasteiger partial charge in [-0.25, -0.2) is 0 Å². The number of halogens is 4. The van der Waals surface area contributed by atoms with Gasteiger partial charge in [-0.2, -0.15) is 5.10 Å². The van der Waals surface area contributed by atoms with Gasteiger partial charge in [-0.05, 0) is 58.0 Å². The average Bonchev–Trinajstić information content (AvgIpc) is 2.92. The number of hydrogen-bond donors (Lipinski definition) is 2. The van der Waals surface area contributed by atoms with Crippen molar-refractivity contribution >= 4 is 79.6 Å². The van der Waals surface area contributed by atoms with E-state index < -0.39 is 0 Å². The molecule has 0 bridgehead atoms. The minimum atomic E-state index is 0.383. The molecule has 0 amide bonds. The Morgan fingerprint density at radius 2 is 1.85 bits per heavy atom. The predicted molar refractivity (Wildman–Crippen MR) is 117 cm³/mol. The number of aromatic nitrogens is 2. The van der Waals surface area contributed by atoms with Crippen LogP contribution in [-0.4, -0.2) is 14.9 Å². The van der Waals surface area contributed by atoms with Gasteiger partial charge in [-0.15, -0.1) is 0 Å². The van der Waals surface area contributed by atoms with Crippen LogP contribution >= 0.6 is 63.0 Å². The smallest absolute Gasteiger partial charge is 0.176 e. The molecule has 1 heterocycles. The van der Waals surface area contributed by atoms with Gasteiger partial charge in [-0.3, -0.25) is 4.68 Å². The standard InChI is InChI=1S/C17H12BrCl3N4S/c18-12-9-25(8-10-5-6-11(19)7-14(10)21)24-16(12)23-17(26)22-15-4-2-1-3-13(15)20/h1-7,9H,8H2,(H2,22,23,24,26). The van der Waals surface area contributed by atoms with E-state index in [9.17, 15) is 0 Å². The summed E-state index contributed by atoms with van der Waals surface area (Å²) in [5.41, 5.74) is 1.63. The third kappa shape index (κ3) is 4.90. The first-order chi connectivity index (χ1) is 12.4. The number of nitrogens with one attached hydrogen (secondary N) is 2. The van der Waals surface area contributed by atoms with Crippen molar-refractivity contribution in [2.75, 3.05) is 10.6 Å². The van der Waals surface area contributed by atoms with Gasteiger partial charge in [0, 0.05) is 16.2 Å². The third-order valence-electron chi connectivity index (χ3n) is 3.42. The fourth-order valence-electron chi connectivity index (χ4n) is 2.21. The lowest BCUT2D eigenvalue weighted by Crippen LogP contribution is -2.20. The van der Waals surface area contributed by atoms with Crippen molar-refractivity contribution in [3.05, 3.63) is 73.8 Å². The maximum Gasteiger partial charge on any atom is 0.176 e. The Bertz CT molecular complexity index is 961. The van der Waals surface area contributed by atoms with Crippen molar-refractivity contribution in [2.24, 2.45) is 0 Å². The van der Waals surface area contributed by atoms with Crippen LogP contribution in [0.1, 0.15) is 5.56 Å². The Morgan fingerprint density at radius 1 is 1.08 bits per heavy atom. The van der Waals surface area contributed by atoms with Crippen molar-refractivity contribution < 1.29 is 0 Å². The molecule has 0 saturated carbocycles. The molecule has 4 nitrogen and oxygen atoms in total. The maximum atomic E-state index is 6.22. The van der Waals surface area contributed by atoms with E-state index in [2.05, 4.69) is 31.7 Å². The zero-order chi connectivity index (χ0) is 18.7. The molecule has 0 aliphatic heterocycles. The summed E-state index contributed by atoms with van der Waals surface area (Å²) < 4.78 is 2.52. The van der Waals surface area contributed by atoms with Crippen LogP contribution in [0, 0.1) is 0 Å². The topological polar surface area (TPSA) is 41.9 Å².